The summed E-state index contributed by atoms with van der Waals surface area (Å²) in [7, 11) is -3.55. The summed E-state index contributed by atoms with van der Waals surface area (Å²) in [5, 5.41) is 8.69. The molecule has 0 radical (unpaired) electrons. The van der Waals surface area contributed by atoms with Crippen LogP contribution in [0.25, 0.3) is 0 Å². The van der Waals surface area contributed by atoms with Gasteiger partial charge in [-0.05, 0) is 31.5 Å². The summed E-state index contributed by atoms with van der Waals surface area (Å²) in [4.78, 5) is 0.136. The normalized spacial score (nSPS) is 13.6. The SMILES string of the molecule is CC(CCO)NS(=O)(=O)c1cccc(N)c1. The maximum absolute atomic E-state index is 11.8. The second-order valence-corrected chi connectivity index (χ2v) is 5.32. The Kier molecular flexibility index (Phi) is 4.28. The molecule has 0 aliphatic rings. The Morgan fingerprint density at radius 3 is 2.75 bits per heavy atom. The van der Waals surface area contributed by atoms with Crippen LogP contribution >= 0.6 is 0 Å². The van der Waals surface area contributed by atoms with Gasteiger partial charge in [-0.1, -0.05) is 6.07 Å². The molecule has 0 aliphatic heterocycles. The topological polar surface area (TPSA) is 92.4 Å². The average molecular weight is 244 g/mol. The summed E-state index contributed by atoms with van der Waals surface area (Å²) in [5.41, 5.74) is 5.91. The molecule has 0 fully saturated rings. The molecule has 0 saturated carbocycles. The molecule has 0 aliphatic carbocycles. The van der Waals surface area contributed by atoms with E-state index in [1.807, 2.05) is 0 Å². The van der Waals surface area contributed by atoms with Gasteiger partial charge in [-0.25, -0.2) is 13.1 Å². The number of nitrogens with two attached hydrogens (primary N) is 1. The number of nitrogens with one attached hydrogen (secondary N) is 1. The zero-order chi connectivity index (χ0) is 12.2. The van der Waals surface area contributed by atoms with Crippen LogP contribution < -0.4 is 10.5 Å². The van der Waals surface area contributed by atoms with Gasteiger partial charge in [0.05, 0.1) is 4.90 Å². The largest absolute Gasteiger partial charge is 0.399 e. The van der Waals surface area contributed by atoms with E-state index < -0.39 is 10.0 Å². The Hall–Kier alpha value is -1.11. The van der Waals surface area contributed by atoms with E-state index in [4.69, 9.17) is 10.8 Å². The number of nitrogen functional groups attached to an aromatic ring is 1. The number of rotatable bonds is 5. The third-order valence-corrected chi connectivity index (χ3v) is 3.67. The summed E-state index contributed by atoms with van der Waals surface area (Å²) in [6.07, 6.45) is 0.377. The Morgan fingerprint density at radius 1 is 1.50 bits per heavy atom. The van der Waals surface area contributed by atoms with Crippen LogP contribution in [0.3, 0.4) is 0 Å². The minimum atomic E-state index is -3.55. The number of aliphatic hydroxyl groups is 1. The van der Waals surface area contributed by atoms with Gasteiger partial charge in [0.25, 0.3) is 0 Å². The number of aliphatic hydroxyl groups excluding tert-OH is 1. The first-order valence-electron chi connectivity index (χ1n) is 4.94. The smallest absolute Gasteiger partial charge is 0.240 e. The summed E-state index contributed by atoms with van der Waals surface area (Å²) in [5.74, 6) is 0. The lowest BCUT2D eigenvalue weighted by Gasteiger charge is -2.13. The lowest BCUT2D eigenvalue weighted by atomic mass is 10.3. The molecule has 1 aromatic carbocycles. The standard InChI is InChI=1S/C10H16N2O3S/c1-8(5-6-13)12-16(14,15)10-4-2-3-9(11)7-10/h2-4,7-8,12-13H,5-6,11H2,1H3. The molecule has 6 heteroatoms. The average Bonchev–Trinajstić information content (AvgIpc) is 2.17. The van der Waals surface area contributed by atoms with Crippen molar-refractivity contribution >= 4 is 15.7 Å². The summed E-state index contributed by atoms with van der Waals surface area (Å²) in [6.45, 7) is 1.64. The molecule has 1 unspecified atom stereocenters. The van der Waals surface area contributed by atoms with E-state index in [-0.39, 0.29) is 17.5 Å². The molecule has 0 heterocycles. The molecule has 1 rings (SSSR count). The van der Waals surface area contributed by atoms with E-state index in [9.17, 15) is 8.42 Å². The van der Waals surface area contributed by atoms with Crippen molar-refractivity contribution in [3.8, 4) is 0 Å². The van der Waals surface area contributed by atoms with Gasteiger partial charge in [0.2, 0.25) is 10.0 Å². The molecule has 4 N–H and O–H groups in total. The van der Waals surface area contributed by atoms with Gasteiger partial charge in [-0.2, -0.15) is 0 Å². The number of hydrogen-bond acceptors (Lipinski definition) is 4. The van der Waals surface area contributed by atoms with Crippen molar-refractivity contribution in [1.82, 2.24) is 4.72 Å². The summed E-state index contributed by atoms with van der Waals surface area (Å²) >= 11 is 0. The van der Waals surface area contributed by atoms with E-state index in [2.05, 4.69) is 4.72 Å². The first-order valence-corrected chi connectivity index (χ1v) is 6.43. The zero-order valence-corrected chi connectivity index (χ0v) is 9.87. The predicted octanol–water partition coefficient (Wildman–Crippen LogP) is 0.318. The van der Waals surface area contributed by atoms with Crippen LogP contribution in [0.2, 0.25) is 0 Å². The van der Waals surface area contributed by atoms with E-state index in [0.29, 0.717) is 12.1 Å². The van der Waals surface area contributed by atoms with Gasteiger partial charge in [0.1, 0.15) is 0 Å². The van der Waals surface area contributed by atoms with Crippen molar-refractivity contribution in [1.29, 1.82) is 0 Å². The lowest BCUT2D eigenvalue weighted by molar-refractivity contribution is 0.275. The lowest BCUT2D eigenvalue weighted by Crippen LogP contribution is -2.33. The second kappa shape index (κ2) is 5.29. The van der Waals surface area contributed by atoms with Crippen molar-refractivity contribution in [2.45, 2.75) is 24.3 Å². The van der Waals surface area contributed by atoms with E-state index in [0.717, 1.165) is 0 Å². The number of anilines is 1. The highest BCUT2D eigenvalue weighted by Crippen LogP contribution is 2.13. The van der Waals surface area contributed by atoms with E-state index >= 15 is 0 Å². The monoisotopic (exact) mass is 244 g/mol. The minimum absolute atomic E-state index is 0.0549. The molecule has 0 bridgehead atoms. The highest BCUT2D eigenvalue weighted by Gasteiger charge is 2.16. The minimum Gasteiger partial charge on any atom is -0.399 e. The van der Waals surface area contributed by atoms with Crippen LogP contribution in [0.5, 0.6) is 0 Å². The molecule has 0 aromatic heterocycles. The quantitative estimate of drug-likeness (QED) is 0.650. The van der Waals surface area contributed by atoms with Crippen molar-refractivity contribution < 1.29 is 13.5 Å². The van der Waals surface area contributed by atoms with Crippen LogP contribution in [0.4, 0.5) is 5.69 Å². The fourth-order valence-electron chi connectivity index (χ4n) is 1.27. The van der Waals surface area contributed by atoms with Gasteiger partial charge < -0.3 is 10.8 Å². The molecule has 1 aromatic rings. The van der Waals surface area contributed by atoms with Crippen LogP contribution in [0.1, 0.15) is 13.3 Å². The molecule has 0 saturated heterocycles. The van der Waals surface area contributed by atoms with E-state index in [1.165, 1.54) is 12.1 Å². The maximum Gasteiger partial charge on any atom is 0.240 e. The fourth-order valence-corrected chi connectivity index (χ4v) is 2.60. The highest BCUT2D eigenvalue weighted by atomic mass is 32.2. The fraction of sp³-hybridized carbons (Fsp3) is 0.400. The van der Waals surface area contributed by atoms with Crippen molar-refractivity contribution in [2.75, 3.05) is 12.3 Å². The van der Waals surface area contributed by atoms with Gasteiger partial charge in [0, 0.05) is 18.3 Å². The molecular formula is C10H16N2O3S. The molecule has 90 valence electrons. The van der Waals surface area contributed by atoms with Crippen LogP contribution in [-0.4, -0.2) is 26.2 Å². The van der Waals surface area contributed by atoms with Crippen molar-refractivity contribution in [3.05, 3.63) is 24.3 Å². The number of benzene rings is 1. The third kappa shape index (κ3) is 3.48. The summed E-state index contributed by atoms with van der Waals surface area (Å²) < 4.78 is 26.1. The Balaban J connectivity index is 2.86. The molecule has 0 spiro atoms. The van der Waals surface area contributed by atoms with Gasteiger partial charge in [-0.15, -0.1) is 0 Å². The Labute approximate surface area is 95.3 Å². The van der Waals surface area contributed by atoms with Crippen LogP contribution in [0.15, 0.2) is 29.2 Å². The summed E-state index contributed by atoms with van der Waals surface area (Å²) in [6, 6.07) is 5.77. The number of hydrogen-bond donors (Lipinski definition) is 3. The van der Waals surface area contributed by atoms with E-state index in [1.54, 1.807) is 19.1 Å². The Morgan fingerprint density at radius 2 is 2.19 bits per heavy atom. The van der Waals surface area contributed by atoms with Crippen molar-refractivity contribution in [3.63, 3.8) is 0 Å². The number of sulfonamides is 1. The molecular weight excluding hydrogens is 228 g/mol. The zero-order valence-electron chi connectivity index (χ0n) is 9.05. The maximum atomic E-state index is 11.8. The first kappa shape index (κ1) is 13.0. The highest BCUT2D eigenvalue weighted by molar-refractivity contribution is 7.89. The van der Waals surface area contributed by atoms with Crippen LogP contribution in [0, 0.1) is 0 Å². The second-order valence-electron chi connectivity index (χ2n) is 3.61. The third-order valence-electron chi connectivity index (χ3n) is 2.09. The van der Waals surface area contributed by atoms with Gasteiger partial charge in [0.15, 0.2) is 0 Å². The van der Waals surface area contributed by atoms with Crippen molar-refractivity contribution in [2.24, 2.45) is 0 Å². The van der Waals surface area contributed by atoms with Crippen LogP contribution in [-0.2, 0) is 10.0 Å². The predicted molar refractivity (Wildman–Crippen MR) is 62.3 cm³/mol. The first-order chi connectivity index (χ1) is 7.45. The molecule has 5 nitrogen and oxygen atoms in total. The molecule has 16 heavy (non-hydrogen) atoms. The molecule has 1 atom stereocenters. The van der Waals surface area contributed by atoms with Gasteiger partial charge >= 0.3 is 0 Å². The van der Waals surface area contributed by atoms with Gasteiger partial charge in [-0.3, -0.25) is 0 Å². The molecule has 0 amide bonds. The Bertz CT molecular complexity index is 445.